The molecule has 0 aliphatic rings. The molecule has 0 spiro atoms. The van der Waals surface area contributed by atoms with E-state index >= 15 is 0 Å². The molecule has 0 aliphatic heterocycles. The van der Waals surface area contributed by atoms with Crippen molar-refractivity contribution in [3.05, 3.63) is 28.2 Å². The lowest BCUT2D eigenvalue weighted by Crippen LogP contribution is -2.34. The molecule has 1 N–H and O–H groups in total. The van der Waals surface area contributed by atoms with E-state index in [-0.39, 0.29) is 0 Å². The maximum atomic E-state index is 11.4. The van der Waals surface area contributed by atoms with Crippen LogP contribution in [0.1, 0.15) is 17.3 Å². The maximum absolute atomic E-state index is 11.4. The van der Waals surface area contributed by atoms with Gasteiger partial charge in [0.25, 0.3) is 0 Å². The Morgan fingerprint density at radius 3 is 2.81 bits per heavy atom. The van der Waals surface area contributed by atoms with Gasteiger partial charge in [0.2, 0.25) is 0 Å². The highest BCUT2D eigenvalue weighted by molar-refractivity contribution is 9.10. The Balaban J connectivity index is 3.02. The van der Waals surface area contributed by atoms with Crippen molar-refractivity contribution in [2.45, 2.75) is 6.92 Å². The van der Waals surface area contributed by atoms with Gasteiger partial charge < -0.3 is 14.4 Å². The van der Waals surface area contributed by atoms with Crippen molar-refractivity contribution in [1.29, 1.82) is 0 Å². The smallest absolute Gasteiger partial charge is 0.465 e. The molecule has 0 saturated carbocycles. The third-order valence-corrected chi connectivity index (χ3v) is 2.70. The van der Waals surface area contributed by atoms with Crippen LogP contribution in [-0.4, -0.2) is 31.8 Å². The molecule has 0 atom stereocenters. The van der Waals surface area contributed by atoms with Gasteiger partial charge in [-0.2, -0.15) is 0 Å². The molecular weight excluding hydrogens is 275 g/mol. The van der Waals surface area contributed by atoms with E-state index in [1.54, 1.807) is 19.1 Å². The Morgan fingerprint density at radius 1 is 1.56 bits per heavy atom. The van der Waals surface area contributed by atoms with Gasteiger partial charge in [0.05, 0.1) is 12.7 Å². The van der Waals surface area contributed by atoms with Crippen molar-refractivity contribution in [3.8, 4) is 0 Å². The fourth-order valence-electron chi connectivity index (χ4n) is 1.22. The van der Waals surface area contributed by atoms with E-state index in [9.17, 15) is 9.82 Å². The van der Waals surface area contributed by atoms with Gasteiger partial charge >= 0.3 is 13.1 Å². The van der Waals surface area contributed by atoms with Crippen LogP contribution in [0.3, 0.4) is 0 Å². The second kappa shape index (κ2) is 6.03. The average Bonchev–Trinajstić information content (AvgIpc) is 2.29. The molecule has 0 aliphatic carbocycles. The molecule has 0 radical (unpaired) electrons. The van der Waals surface area contributed by atoms with Gasteiger partial charge in [0.1, 0.15) is 0 Å². The van der Waals surface area contributed by atoms with Gasteiger partial charge in [0.15, 0.2) is 0 Å². The summed E-state index contributed by atoms with van der Waals surface area (Å²) < 4.78 is 10.3. The van der Waals surface area contributed by atoms with Gasteiger partial charge in [-0.1, -0.05) is 6.07 Å². The minimum Gasteiger partial charge on any atom is -0.465 e. The summed E-state index contributed by atoms with van der Waals surface area (Å²) in [7, 11) is 0.280. The van der Waals surface area contributed by atoms with E-state index in [0.717, 1.165) is 0 Å². The molecule has 0 amide bonds. The first-order valence-electron chi connectivity index (χ1n) is 4.77. The monoisotopic (exact) mass is 286 g/mol. The van der Waals surface area contributed by atoms with Crippen LogP contribution in [-0.2, 0) is 9.39 Å². The van der Waals surface area contributed by atoms with E-state index in [4.69, 9.17) is 4.65 Å². The fourth-order valence-corrected chi connectivity index (χ4v) is 1.63. The van der Waals surface area contributed by atoms with Crippen LogP contribution in [0.25, 0.3) is 0 Å². The Bertz CT molecular complexity index is 383. The molecule has 1 aromatic carbocycles. The number of methoxy groups -OCH3 is 1. The zero-order valence-electron chi connectivity index (χ0n) is 9.07. The van der Waals surface area contributed by atoms with E-state index < -0.39 is 13.1 Å². The van der Waals surface area contributed by atoms with E-state index in [1.807, 2.05) is 0 Å². The Morgan fingerprint density at radius 2 is 2.25 bits per heavy atom. The summed E-state index contributed by atoms with van der Waals surface area (Å²) >= 11 is 3.24. The van der Waals surface area contributed by atoms with Crippen LogP contribution in [0.5, 0.6) is 0 Å². The number of hydrogen-bond acceptors (Lipinski definition) is 4. The van der Waals surface area contributed by atoms with Crippen LogP contribution in [0.4, 0.5) is 0 Å². The van der Waals surface area contributed by atoms with Gasteiger partial charge in [-0.3, -0.25) is 0 Å². The SMILES string of the molecule is CCOB(O)c1ccc(Br)c(C(=O)OC)c1. The van der Waals surface area contributed by atoms with Crippen molar-refractivity contribution < 1.29 is 19.2 Å². The molecule has 1 aromatic rings. The lowest BCUT2D eigenvalue weighted by molar-refractivity contribution is 0.0600. The Labute approximate surface area is 103 Å². The summed E-state index contributed by atoms with van der Waals surface area (Å²) in [6.45, 7) is 2.17. The van der Waals surface area contributed by atoms with Crippen molar-refractivity contribution in [2.75, 3.05) is 13.7 Å². The zero-order chi connectivity index (χ0) is 12.1. The zero-order valence-corrected chi connectivity index (χ0v) is 10.7. The van der Waals surface area contributed by atoms with E-state index in [0.29, 0.717) is 22.1 Å². The highest BCUT2D eigenvalue weighted by atomic mass is 79.9. The van der Waals surface area contributed by atoms with E-state index in [2.05, 4.69) is 20.7 Å². The number of hydrogen-bond donors (Lipinski definition) is 1. The van der Waals surface area contributed by atoms with Gasteiger partial charge in [-0.15, -0.1) is 0 Å². The highest BCUT2D eigenvalue weighted by Gasteiger charge is 2.19. The van der Waals surface area contributed by atoms with Crippen LogP contribution in [0, 0.1) is 0 Å². The fraction of sp³-hybridized carbons (Fsp3) is 0.300. The lowest BCUT2D eigenvalue weighted by Gasteiger charge is -2.08. The quantitative estimate of drug-likeness (QED) is 0.662. The number of carbonyl (C=O) groups excluding carboxylic acids is 1. The molecule has 0 bridgehead atoms. The third kappa shape index (κ3) is 3.07. The van der Waals surface area contributed by atoms with Gasteiger partial charge in [-0.25, -0.2) is 4.79 Å². The summed E-state index contributed by atoms with van der Waals surface area (Å²) in [6, 6.07) is 4.89. The van der Waals surface area contributed by atoms with Crippen LogP contribution < -0.4 is 5.46 Å². The van der Waals surface area contributed by atoms with E-state index in [1.165, 1.54) is 13.2 Å². The van der Waals surface area contributed by atoms with Crippen molar-refractivity contribution in [2.24, 2.45) is 0 Å². The topological polar surface area (TPSA) is 55.8 Å². The summed E-state index contributed by atoms with van der Waals surface area (Å²) in [6.07, 6.45) is 0. The number of rotatable bonds is 4. The number of benzene rings is 1. The van der Waals surface area contributed by atoms with Crippen LogP contribution in [0.2, 0.25) is 0 Å². The molecular formula is C10H12BBrO4. The van der Waals surface area contributed by atoms with Crippen molar-refractivity contribution in [1.82, 2.24) is 0 Å². The first-order chi connectivity index (χ1) is 7.60. The lowest BCUT2D eigenvalue weighted by atomic mass is 9.79. The number of esters is 1. The van der Waals surface area contributed by atoms with Crippen molar-refractivity contribution in [3.63, 3.8) is 0 Å². The molecule has 1 rings (SSSR count). The number of halogens is 1. The minimum absolute atomic E-state index is 0.360. The Kier molecular flexibility index (Phi) is 4.98. The molecule has 86 valence electrons. The summed E-state index contributed by atoms with van der Waals surface area (Å²) in [5.41, 5.74) is 0.879. The second-order valence-corrected chi connectivity index (χ2v) is 3.89. The Hall–Kier alpha value is -0.845. The van der Waals surface area contributed by atoms with Crippen LogP contribution >= 0.6 is 15.9 Å². The standard InChI is InChI=1S/C10H12BBrO4/c1-3-16-11(14)7-4-5-9(12)8(6-7)10(13)15-2/h4-6,14H,3H2,1-2H3. The normalized spacial score (nSPS) is 10.0. The number of carbonyl (C=O) groups is 1. The molecule has 6 heteroatoms. The van der Waals surface area contributed by atoms with Crippen LogP contribution in [0.15, 0.2) is 22.7 Å². The average molecular weight is 287 g/mol. The first-order valence-corrected chi connectivity index (χ1v) is 5.56. The molecule has 4 nitrogen and oxygen atoms in total. The molecule has 16 heavy (non-hydrogen) atoms. The molecule has 0 fully saturated rings. The minimum atomic E-state index is -1.03. The summed E-state index contributed by atoms with van der Waals surface area (Å²) in [5, 5.41) is 9.60. The highest BCUT2D eigenvalue weighted by Crippen LogP contribution is 2.16. The second-order valence-electron chi connectivity index (χ2n) is 3.04. The molecule has 0 heterocycles. The first kappa shape index (κ1) is 13.2. The predicted molar refractivity (Wildman–Crippen MR) is 64.7 cm³/mol. The van der Waals surface area contributed by atoms with Gasteiger partial charge in [0, 0.05) is 11.1 Å². The summed E-state index contributed by atoms with van der Waals surface area (Å²) in [5.74, 6) is -0.461. The molecule has 0 aromatic heterocycles. The van der Waals surface area contributed by atoms with Crippen molar-refractivity contribution >= 4 is 34.5 Å². The largest absolute Gasteiger partial charge is 0.491 e. The molecule has 0 saturated heterocycles. The maximum Gasteiger partial charge on any atom is 0.491 e. The van der Waals surface area contributed by atoms with Gasteiger partial charge in [-0.05, 0) is 40.4 Å². The number of ether oxygens (including phenoxy) is 1. The predicted octanol–water partition coefficient (Wildman–Crippen LogP) is 0.960. The third-order valence-electron chi connectivity index (χ3n) is 2.01. The molecule has 0 unspecified atom stereocenters. The summed E-state index contributed by atoms with van der Waals surface area (Å²) in [4.78, 5) is 11.4.